The fraction of sp³-hybridized carbons (Fsp3) is 0.455. The standard InChI is InChI=1S/C11H17ClN2O2S/c1-4-8(2)14(3)17(15,16)11-6-5-9(12)7-10(11)13/h5-8H,4,13H2,1-3H3. The summed E-state index contributed by atoms with van der Waals surface area (Å²) in [5.74, 6) is 0. The molecule has 2 N–H and O–H groups in total. The minimum atomic E-state index is -3.55. The van der Waals surface area contributed by atoms with Gasteiger partial charge in [0.15, 0.2) is 0 Å². The van der Waals surface area contributed by atoms with Crippen LogP contribution in [0.25, 0.3) is 0 Å². The first-order valence-corrected chi connectivity index (χ1v) is 7.15. The lowest BCUT2D eigenvalue weighted by atomic mass is 10.3. The van der Waals surface area contributed by atoms with Crippen LogP contribution in [-0.4, -0.2) is 25.8 Å². The van der Waals surface area contributed by atoms with Gasteiger partial charge in [0.2, 0.25) is 10.0 Å². The van der Waals surface area contributed by atoms with Crippen LogP contribution in [0.1, 0.15) is 20.3 Å². The van der Waals surface area contributed by atoms with Crippen LogP contribution in [0.2, 0.25) is 5.02 Å². The van der Waals surface area contributed by atoms with Crippen LogP contribution in [0.5, 0.6) is 0 Å². The quantitative estimate of drug-likeness (QED) is 0.859. The Hall–Kier alpha value is -0.780. The van der Waals surface area contributed by atoms with Gasteiger partial charge in [0, 0.05) is 18.1 Å². The molecule has 1 atom stereocenters. The molecule has 0 saturated heterocycles. The van der Waals surface area contributed by atoms with E-state index >= 15 is 0 Å². The molecular formula is C11H17ClN2O2S. The average molecular weight is 277 g/mol. The van der Waals surface area contributed by atoms with Crippen LogP contribution >= 0.6 is 11.6 Å². The molecule has 0 aliphatic heterocycles. The maximum absolute atomic E-state index is 12.3. The van der Waals surface area contributed by atoms with Gasteiger partial charge in [0.25, 0.3) is 0 Å². The van der Waals surface area contributed by atoms with Gasteiger partial charge in [-0.05, 0) is 31.5 Å². The van der Waals surface area contributed by atoms with Crippen LogP contribution < -0.4 is 5.73 Å². The lowest BCUT2D eigenvalue weighted by molar-refractivity contribution is 0.381. The van der Waals surface area contributed by atoms with E-state index in [1.165, 1.54) is 22.5 Å². The molecule has 1 unspecified atom stereocenters. The van der Waals surface area contributed by atoms with Gasteiger partial charge in [-0.2, -0.15) is 4.31 Å². The summed E-state index contributed by atoms with van der Waals surface area (Å²) in [5, 5.41) is 0.424. The third-order valence-corrected chi connectivity index (χ3v) is 5.12. The van der Waals surface area contributed by atoms with E-state index in [4.69, 9.17) is 17.3 Å². The molecule has 1 rings (SSSR count). The number of anilines is 1. The predicted octanol–water partition coefficient (Wildman–Crippen LogP) is 2.34. The Morgan fingerprint density at radius 2 is 2.06 bits per heavy atom. The van der Waals surface area contributed by atoms with E-state index in [1.54, 1.807) is 7.05 Å². The van der Waals surface area contributed by atoms with E-state index in [2.05, 4.69) is 0 Å². The van der Waals surface area contributed by atoms with E-state index in [0.29, 0.717) is 5.02 Å². The van der Waals surface area contributed by atoms with Gasteiger partial charge in [-0.25, -0.2) is 8.42 Å². The number of halogens is 1. The van der Waals surface area contributed by atoms with Gasteiger partial charge >= 0.3 is 0 Å². The fourth-order valence-electron chi connectivity index (χ4n) is 1.40. The second-order valence-electron chi connectivity index (χ2n) is 3.96. The number of benzene rings is 1. The van der Waals surface area contributed by atoms with Crippen molar-refractivity contribution in [1.82, 2.24) is 4.31 Å². The Bertz CT molecular complexity index is 502. The van der Waals surface area contributed by atoms with Crippen LogP contribution in [0.3, 0.4) is 0 Å². The summed E-state index contributed by atoms with van der Waals surface area (Å²) >= 11 is 5.75. The zero-order chi connectivity index (χ0) is 13.2. The highest BCUT2D eigenvalue weighted by atomic mass is 35.5. The van der Waals surface area contributed by atoms with Crippen molar-refractivity contribution in [2.45, 2.75) is 31.2 Å². The van der Waals surface area contributed by atoms with Gasteiger partial charge in [-0.3, -0.25) is 0 Å². The Labute approximate surface area is 107 Å². The first-order chi connectivity index (χ1) is 7.80. The van der Waals surface area contributed by atoms with Gasteiger partial charge < -0.3 is 5.73 Å². The molecule has 17 heavy (non-hydrogen) atoms. The van der Waals surface area contributed by atoms with Crippen molar-refractivity contribution in [2.24, 2.45) is 0 Å². The minimum absolute atomic E-state index is 0.0740. The van der Waals surface area contributed by atoms with Crippen LogP contribution in [0, 0.1) is 0 Å². The molecule has 0 radical (unpaired) electrons. The van der Waals surface area contributed by atoms with Crippen molar-refractivity contribution >= 4 is 27.3 Å². The summed E-state index contributed by atoms with van der Waals surface area (Å²) < 4.78 is 25.9. The summed E-state index contributed by atoms with van der Waals surface area (Å²) in [6.07, 6.45) is 0.739. The molecule has 0 spiro atoms. The molecule has 0 fully saturated rings. The van der Waals surface area contributed by atoms with Gasteiger partial charge in [0.1, 0.15) is 4.90 Å². The number of rotatable bonds is 4. The number of nitrogens with two attached hydrogens (primary N) is 1. The predicted molar refractivity (Wildman–Crippen MR) is 70.6 cm³/mol. The zero-order valence-electron chi connectivity index (χ0n) is 10.1. The highest BCUT2D eigenvalue weighted by Crippen LogP contribution is 2.26. The minimum Gasteiger partial charge on any atom is -0.398 e. The summed E-state index contributed by atoms with van der Waals surface area (Å²) in [6, 6.07) is 4.33. The molecule has 0 aliphatic rings. The third kappa shape index (κ3) is 2.91. The fourth-order valence-corrected chi connectivity index (χ4v) is 3.11. The zero-order valence-corrected chi connectivity index (χ0v) is 11.7. The molecular weight excluding hydrogens is 260 g/mol. The molecule has 0 heterocycles. The van der Waals surface area contributed by atoms with Crippen molar-refractivity contribution in [3.05, 3.63) is 23.2 Å². The van der Waals surface area contributed by atoms with E-state index in [0.717, 1.165) is 6.42 Å². The molecule has 0 bridgehead atoms. The van der Waals surface area contributed by atoms with Crippen molar-refractivity contribution < 1.29 is 8.42 Å². The maximum atomic E-state index is 12.3. The van der Waals surface area contributed by atoms with Crippen molar-refractivity contribution in [1.29, 1.82) is 0 Å². The van der Waals surface area contributed by atoms with E-state index in [-0.39, 0.29) is 16.6 Å². The van der Waals surface area contributed by atoms with Crippen molar-refractivity contribution in [2.75, 3.05) is 12.8 Å². The van der Waals surface area contributed by atoms with Gasteiger partial charge in [-0.15, -0.1) is 0 Å². The Morgan fingerprint density at radius 1 is 1.47 bits per heavy atom. The molecule has 1 aromatic carbocycles. The van der Waals surface area contributed by atoms with E-state index < -0.39 is 10.0 Å². The second-order valence-corrected chi connectivity index (χ2v) is 6.36. The summed E-state index contributed by atoms with van der Waals surface area (Å²) in [4.78, 5) is 0.102. The molecule has 0 amide bonds. The number of hydrogen-bond donors (Lipinski definition) is 1. The lowest BCUT2D eigenvalue weighted by Crippen LogP contribution is -2.35. The van der Waals surface area contributed by atoms with Crippen LogP contribution in [0.15, 0.2) is 23.1 Å². The SMILES string of the molecule is CCC(C)N(C)S(=O)(=O)c1ccc(Cl)cc1N. The smallest absolute Gasteiger partial charge is 0.245 e. The lowest BCUT2D eigenvalue weighted by Gasteiger charge is -2.23. The average Bonchev–Trinajstić information content (AvgIpc) is 2.26. The molecule has 96 valence electrons. The first kappa shape index (κ1) is 14.3. The molecule has 1 aromatic rings. The second kappa shape index (κ2) is 5.25. The number of nitrogens with zero attached hydrogens (tertiary/aromatic N) is 1. The van der Waals surface area contributed by atoms with Gasteiger partial charge in [0.05, 0.1) is 5.69 Å². The summed E-state index contributed by atoms with van der Waals surface area (Å²) in [6.45, 7) is 3.78. The van der Waals surface area contributed by atoms with Gasteiger partial charge in [-0.1, -0.05) is 18.5 Å². The Kier molecular flexibility index (Phi) is 4.41. The van der Waals surface area contributed by atoms with E-state index in [9.17, 15) is 8.42 Å². The molecule has 6 heteroatoms. The van der Waals surface area contributed by atoms with E-state index in [1.807, 2.05) is 13.8 Å². The Balaban J connectivity index is 3.22. The van der Waals surface area contributed by atoms with Crippen LogP contribution in [0.4, 0.5) is 5.69 Å². The summed E-state index contributed by atoms with van der Waals surface area (Å²) in [7, 11) is -1.99. The topological polar surface area (TPSA) is 63.4 Å². The van der Waals surface area contributed by atoms with Crippen molar-refractivity contribution in [3.63, 3.8) is 0 Å². The number of sulfonamides is 1. The molecule has 4 nitrogen and oxygen atoms in total. The van der Waals surface area contributed by atoms with Crippen molar-refractivity contribution in [3.8, 4) is 0 Å². The van der Waals surface area contributed by atoms with Crippen LogP contribution in [-0.2, 0) is 10.0 Å². The molecule has 0 aromatic heterocycles. The first-order valence-electron chi connectivity index (χ1n) is 5.33. The Morgan fingerprint density at radius 3 is 2.53 bits per heavy atom. The third-order valence-electron chi connectivity index (χ3n) is 2.84. The monoisotopic (exact) mass is 276 g/mol. The number of nitrogen functional groups attached to an aromatic ring is 1. The highest BCUT2D eigenvalue weighted by molar-refractivity contribution is 7.89. The largest absolute Gasteiger partial charge is 0.398 e. The highest BCUT2D eigenvalue weighted by Gasteiger charge is 2.26. The number of hydrogen-bond acceptors (Lipinski definition) is 3. The normalized spacial score (nSPS) is 13.9. The maximum Gasteiger partial charge on any atom is 0.245 e. The molecule has 0 saturated carbocycles. The summed E-state index contributed by atoms with van der Waals surface area (Å²) in [5.41, 5.74) is 5.87. The molecule has 0 aliphatic carbocycles.